The highest BCUT2D eigenvalue weighted by molar-refractivity contribution is 6.00. The third kappa shape index (κ3) is 5.54. The van der Waals surface area contributed by atoms with Crippen LogP contribution in [0.15, 0.2) is 24.3 Å². The Bertz CT molecular complexity index is 890. The van der Waals surface area contributed by atoms with Crippen molar-refractivity contribution in [1.82, 2.24) is 15.1 Å². The van der Waals surface area contributed by atoms with Crippen LogP contribution in [0.25, 0.3) is 0 Å². The van der Waals surface area contributed by atoms with E-state index >= 15 is 0 Å². The molecule has 186 valence electrons. The Labute approximate surface area is 202 Å². The third-order valence-corrected chi connectivity index (χ3v) is 7.07. The van der Waals surface area contributed by atoms with Gasteiger partial charge in [0.25, 0.3) is 11.8 Å². The van der Waals surface area contributed by atoms with Crippen molar-refractivity contribution in [1.29, 1.82) is 0 Å². The van der Waals surface area contributed by atoms with Crippen LogP contribution in [0.3, 0.4) is 0 Å². The van der Waals surface area contributed by atoms with Gasteiger partial charge in [0.1, 0.15) is 6.10 Å². The molecule has 0 saturated carbocycles. The number of rotatable bonds is 4. The van der Waals surface area contributed by atoms with Gasteiger partial charge in [0.15, 0.2) is 0 Å². The number of benzene rings is 1. The van der Waals surface area contributed by atoms with Gasteiger partial charge in [-0.25, -0.2) is 0 Å². The van der Waals surface area contributed by atoms with E-state index in [1.165, 1.54) is 0 Å². The molecule has 0 radical (unpaired) electrons. The predicted octanol–water partition coefficient (Wildman–Crippen LogP) is 2.28. The lowest BCUT2D eigenvalue weighted by Crippen LogP contribution is -2.53. The standard InChI is InChI=1S/C26H38N4O4/c1-26(2,3)25(33)27-19-10-12-28(13-11-19)21-8-5-4-7-20(21)23(31)29-14-16-30(17-15-29)24(32)22-9-6-18-34-22/h4-5,7-8,19,22H,6,9-18H2,1-3H3,(H,27,33). The van der Waals surface area contributed by atoms with Crippen LogP contribution in [-0.4, -0.2) is 85.5 Å². The van der Waals surface area contributed by atoms with Gasteiger partial charge in [0.2, 0.25) is 5.91 Å². The summed E-state index contributed by atoms with van der Waals surface area (Å²) in [5.41, 5.74) is 1.26. The highest BCUT2D eigenvalue weighted by atomic mass is 16.5. The maximum Gasteiger partial charge on any atom is 0.256 e. The maximum atomic E-state index is 13.4. The monoisotopic (exact) mass is 470 g/mol. The first-order chi connectivity index (χ1) is 16.2. The Morgan fingerprint density at radius 1 is 0.912 bits per heavy atom. The number of piperidine rings is 1. The molecule has 8 nitrogen and oxygen atoms in total. The van der Waals surface area contributed by atoms with Gasteiger partial charge in [-0.15, -0.1) is 0 Å². The Kier molecular flexibility index (Phi) is 7.45. The van der Waals surface area contributed by atoms with Gasteiger partial charge in [-0.1, -0.05) is 32.9 Å². The largest absolute Gasteiger partial charge is 0.371 e. The number of carbonyl (C=O) groups is 3. The Hall–Kier alpha value is -2.61. The van der Waals surface area contributed by atoms with E-state index in [2.05, 4.69) is 10.2 Å². The van der Waals surface area contributed by atoms with Crippen LogP contribution < -0.4 is 10.2 Å². The molecule has 1 N–H and O–H groups in total. The molecule has 1 unspecified atom stereocenters. The molecule has 1 atom stereocenters. The van der Waals surface area contributed by atoms with Gasteiger partial charge >= 0.3 is 0 Å². The number of anilines is 1. The van der Waals surface area contributed by atoms with Crippen molar-refractivity contribution in [3.05, 3.63) is 29.8 Å². The van der Waals surface area contributed by atoms with Gasteiger partial charge in [-0.3, -0.25) is 14.4 Å². The molecule has 0 aliphatic carbocycles. The Morgan fingerprint density at radius 3 is 2.18 bits per heavy atom. The SMILES string of the molecule is CC(C)(C)C(=O)NC1CCN(c2ccccc2C(=O)N2CCN(C(=O)C3CCCO3)CC2)CC1. The lowest BCUT2D eigenvalue weighted by Gasteiger charge is -2.38. The minimum atomic E-state index is -0.394. The molecule has 4 rings (SSSR count). The van der Waals surface area contributed by atoms with Crippen molar-refractivity contribution in [3.8, 4) is 0 Å². The second kappa shape index (κ2) is 10.3. The fourth-order valence-corrected chi connectivity index (χ4v) is 4.87. The molecule has 3 amide bonds. The second-order valence-electron chi connectivity index (χ2n) is 10.6. The van der Waals surface area contributed by atoms with Crippen LogP contribution in [0, 0.1) is 5.41 Å². The number of hydrogen-bond donors (Lipinski definition) is 1. The summed E-state index contributed by atoms with van der Waals surface area (Å²) in [6.45, 7) is 10.2. The fraction of sp³-hybridized carbons (Fsp3) is 0.654. The number of ether oxygens (including phenoxy) is 1. The lowest BCUT2D eigenvalue weighted by atomic mass is 9.94. The van der Waals surface area contributed by atoms with Gasteiger partial charge in [-0.2, -0.15) is 0 Å². The van der Waals surface area contributed by atoms with Crippen LogP contribution in [0.1, 0.15) is 56.8 Å². The Morgan fingerprint density at radius 2 is 1.56 bits per heavy atom. The van der Waals surface area contributed by atoms with E-state index in [9.17, 15) is 14.4 Å². The number of carbonyl (C=O) groups excluding carboxylic acids is 3. The highest BCUT2D eigenvalue weighted by Crippen LogP contribution is 2.27. The van der Waals surface area contributed by atoms with E-state index in [1.54, 1.807) is 0 Å². The summed E-state index contributed by atoms with van der Waals surface area (Å²) in [7, 11) is 0. The topological polar surface area (TPSA) is 82.2 Å². The number of para-hydroxylation sites is 1. The number of piperazine rings is 1. The minimum absolute atomic E-state index is 0.0166. The summed E-state index contributed by atoms with van der Waals surface area (Å²) in [4.78, 5) is 44.3. The van der Waals surface area contributed by atoms with E-state index in [0.29, 0.717) is 38.3 Å². The van der Waals surface area contributed by atoms with Crippen LogP contribution in [0.4, 0.5) is 5.69 Å². The average molecular weight is 471 g/mol. The highest BCUT2D eigenvalue weighted by Gasteiger charge is 2.33. The smallest absolute Gasteiger partial charge is 0.256 e. The van der Waals surface area contributed by atoms with Crippen molar-refractivity contribution in [3.63, 3.8) is 0 Å². The Balaban J connectivity index is 1.34. The molecule has 1 aromatic rings. The summed E-state index contributed by atoms with van der Waals surface area (Å²) >= 11 is 0. The summed E-state index contributed by atoms with van der Waals surface area (Å²) in [5, 5.41) is 3.17. The van der Waals surface area contributed by atoms with Crippen LogP contribution in [0.2, 0.25) is 0 Å². The average Bonchev–Trinajstić information content (AvgIpc) is 3.38. The molecule has 0 spiro atoms. The quantitative estimate of drug-likeness (QED) is 0.730. The number of nitrogens with zero attached hydrogens (tertiary/aromatic N) is 3. The summed E-state index contributed by atoms with van der Waals surface area (Å²) in [5.74, 6) is 0.160. The molecule has 3 heterocycles. The molecule has 3 aliphatic heterocycles. The molecule has 8 heteroatoms. The van der Waals surface area contributed by atoms with E-state index in [1.807, 2.05) is 54.8 Å². The number of hydrogen-bond acceptors (Lipinski definition) is 5. The first-order valence-corrected chi connectivity index (χ1v) is 12.6. The third-order valence-electron chi connectivity index (χ3n) is 7.07. The molecule has 0 aromatic heterocycles. The van der Waals surface area contributed by atoms with E-state index in [4.69, 9.17) is 4.74 Å². The molecular weight excluding hydrogens is 432 g/mol. The minimum Gasteiger partial charge on any atom is -0.371 e. The predicted molar refractivity (Wildman–Crippen MR) is 131 cm³/mol. The zero-order valence-electron chi connectivity index (χ0n) is 20.7. The van der Waals surface area contributed by atoms with Gasteiger partial charge in [0, 0.05) is 63.0 Å². The summed E-state index contributed by atoms with van der Waals surface area (Å²) in [6.07, 6.45) is 3.13. The zero-order valence-corrected chi connectivity index (χ0v) is 20.7. The van der Waals surface area contributed by atoms with E-state index in [0.717, 1.165) is 44.5 Å². The molecule has 34 heavy (non-hydrogen) atoms. The van der Waals surface area contributed by atoms with E-state index in [-0.39, 0.29) is 29.9 Å². The molecule has 1 aromatic carbocycles. The maximum absolute atomic E-state index is 13.4. The van der Waals surface area contributed by atoms with Gasteiger partial charge in [0.05, 0.1) is 5.56 Å². The van der Waals surface area contributed by atoms with Crippen molar-refractivity contribution < 1.29 is 19.1 Å². The summed E-state index contributed by atoms with van der Waals surface area (Å²) in [6, 6.07) is 7.95. The van der Waals surface area contributed by atoms with Crippen LogP contribution in [0.5, 0.6) is 0 Å². The molecule has 3 saturated heterocycles. The fourth-order valence-electron chi connectivity index (χ4n) is 4.87. The summed E-state index contributed by atoms with van der Waals surface area (Å²) < 4.78 is 5.54. The lowest BCUT2D eigenvalue weighted by molar-refractivity contribution is -0.142. The second-order valence-corrected chi connectivity index (χ2v) is 10.6. The molecular formula is C26H38N4O4. The van der Waals surface area contributed by atoms with Crippen molar-refractivity contribution in [2.45, 2.75) is 58.6 Å². The van der Waals surface area contributed by atoms with Gasteiger partial charge in [-0.05, 0) is 37.8 Å². The first-order valence-electron chi connectivity index (χ1n) is 12.6. The normalized spacial score (nSPS) is 22.1. The van der Waals surface area contributed by atoms with Crippen molar-refractivity contribution in [2.75, 3.05) is 50.8 Å². The zero-order chi connectivity index (χ0) is 24.3. The number of amides is 3. The number of nitrogens with one attached hydrogen (secondary N) is 1. The van der Waals surface area contributed by atoms with Crippen molar-refractivity contribution in [2.24, 2.45) is 5.41 Å². The molecule has 0 bridgehead atoms. The van der Waals surface area contributed by atoms with Crippen LogP contribution >= 0.6 is 0 Å². The first kappa shape index (κ1) is 24.5. The van der Waals surface area contributed by atoms with Gasteiger partial charge < -0.3 is 24.8 Å². The molecule has 3 fully saturated rings. The molecule has 3 aliphatic rings. The van der Waals surface area contributed by atoms with Crippen LogP contribution in [-0.2, 0) is 14.3 Å². The van der Waals surface area contributed by atoms with E-state index < -0.39 is 5.41 Å². The van der Waals surface area contributed by atoms with Crippen molar-refractivity contribution >= 4 is 23.4 Å².